The Bertz CT molecular complexity index is 364. The highest BCUT2D eigenvalue weighted by atomic mass is 79.9. The second-order valence-electron chi connectivity index (χ2n) is 2.88. The van der Waals surface area contributed by atoms with Gasteiger partial charge in [0.25, 0.3) is 0 Å². The second kappa shape index (κ2) is 5.51. The maximum absolute atomic E-state index is 13.1. The molecule has 0 amide bonds. The predicted octanol–water partition coefficient (Wildman–Crippen LogP) is 3.85. The van der Waals surface area contributed by atoms with Crippen molar-refractivity contribution in [2.24, 2.45) is 0 Å². The summed E-state index contributed by atoms with van der Waals surface area (Å²) in [4.78, 5) is 0. The van der Waals surface area contributed by atoms with Crippen LogP contribution in [0.4, 0.5) is 4.39 Å². The third-order valence-corrected chi connectivity index (χ3v) is 2.36. The molecule has 0 spiro atoms. The highest BCUT2D eigenvalue weighted by molar-refractivity contribution is 9.28. The van der Waals surface area contributed by atoms with Gasteiger partial charge in [0.05, 0.1) is 3.39 Å². The van der Waals surface area contributed by atoms with Crippen molar-refractivity contribution in [3.8, 4) is 11.5 Å². The number of hydrogen-bond acceptors (Lipinski definition) is 2. The fourth-order valence-corrected chi connectivity index (χ4v) is 1.25. The number of phenols is 1. The van der Waals surface area contributed by atoms with E-state index in [1.54, 1.807) is 19.1 Å². The van der Waals surface area contributed by atoms with Crippen molar-refractivity contribution in [3.63, 3.8) is 0 Å². The van der Waals surface area contributed by atoms with E-state index < -0.39 is 5.82 Å². The normalized spacial score (nSPS) is 9.87. The van der Waals surface area contributed by atoms with E-state index in [2.05, 4.69) is 31.9 Å². The van der Waals surface area contributed by atoms with Crippen LogP contribution in [0.15, 0.2) is 21.6 Å². The second-order valence-corrected chi connectivity index (χ2v) is 5.65. The highest BCUT2D eigenvalue weighted by Gasteiger charge is 2.06. The Hall–Kier alpha value is -0.550. The third kappa shape index (κ3) is 3.83. The lowest BCUT2D eigenvalue weighted by Gasteiger charge is -2.06. The van der Waals surface area contributed by atoms with Gasteiger partial charge >= 0.3 is 0 Å². The van der Waals surface area contributed by atoms with E-state index in [0.29, 0.717) is 17.9 Å². The van der Waals surface area contributed by atoms with Crippen LogP contribution in [0.3, 0.4) is 0 Å². The van der Waals surface area contributed by atoms with E-state index in [9.17, 15) is 9.50 Å². The lowest BCUT2D eigenvalue weighted by Crippen LogP contribution is -1.95. The molecule has 0 aliphatic rings. The van der Waals surface area contributed by atoms with E-state index in [4.69, 9.17) is 4.74 Å². The fourth-order valence-electron chi connectivity index (χ4n) is 0.989. The van der Waals surface area contributed by atoms with Gasteiger partial charge in [-0.25, -0.2) is 4.39 Å². The molecule has 1 N–H and O–H groups in total. The molecule has 0 fully saturated rings. The van der Waals surface area contributed by atoms with Gasteiger partial charge in [-0.3, -0.25) is 0 Å². The van der Waals surface area contributed by atoms with E-state index in [0.717, 1.165) is 9.46 Å². The summed E-state index contributed by atoms with van der Waals surface area (Å²) in [6, 6.07) is 2.73. The molecule has 15 heavy (non-hydrogen) atoms. The highest BCUT2D eigenvalue weighted by Crippen LogP contribution is 2.26. The largest absolute Gasteiger partial charge is 0.505 e. The van der Waals surface area contributed by atoms with Crippen LogP contribution in [0.25, 0.3) is 0 Å². The molecular weight excluding hydrogens is 331 g/mol. The number of aromatic hydroxyl groups is 1. The molecule has 82 valence electrons. The quantitative estimate of drug-likeness (QED) is 0.906. The van der Waals surface area contributed by atoms with E-state index in [1.807, 2.05) is 0 Å². The van der Waals surface area contributed by atoms with Crippen LogP contribution < -0.4 is 4.74 Å². The van der Waals surface area contributed by atoms with Gasteiger partial charge < -0.3 is 9.84 Å². The van der Waals surface area contributed by atoms with E-state index in [-0.39, 0.29) is 5.75 Å². The Morgan fingerprint density at radius 2 is 2.20 bits per heavy atom. The summed E-state index contributed by atoms with van der Waals surface area (Å²) in [6.07, 6.45) is 1.74. The van der Waals surface area contributed by atoms with E-state index >= 15 is 0 Å². The summed E-state index contributed by atoms with van der Waals surface area (Å²) in [5.41, 5.74) is 0.451. The number of hydrogen-bond donors (Lipinski definition) is 1. The van der Waals surface area contributed by atoms with Gasteiger partial charge in [-0.2, -0.15) is 0 Å². The monoisotopic (exact) mass is 338 g/mol. The summed E-state index contributed by atoms with van der Waals surface area (Å²) in [6.45, 7) is 1.93. The fraction of sp³-hybridized carbons (Fsp3) is 0.200. The average Bonchev–Trinajstić information content (AvgIpc) is 2.13. The minimum atomic E-state index is -0.674. The number of ether oxygens (including phenoxy) is 1. The molecule has 0 unspecified atom stereocenters. The lowest BCUT2D eigenvalue weighted by atomic mass is 10.2. The zero-order valence-electron chi connectivity index (χ0n) is 7.93. The molecule has 0 radical (unpaired) electrons. The van der Waals surface area contributed by atoms with Gasteiger partial charge in [0.1, 0.15) is 12.4 Å². The van der Waals surface area contributed by atoms with Crippen molar-refractivity contribution < 1.29 is 14.2 Å². The van der Waals surface area contributed by atoms with Gasteiger partial charge in [-0.1, -0.05) is 0 Å². The smallest absolute Gasteiger partial charge is 0.168 e. The zero-order chi connectivity index (χ0) is 11.4. The standard InChI is InChI=1S/C10H9Br2FO2/c1-6-4-7(5-8(13)10(6)14)15-3-2-9(11)12/h2,4-5,14H,3H2,1H3. The molecule has 5 heteroatoms. The molecule has 0 bridgehead atoms. The Labute approximate surface area is 104 Å². The maximum atomic E-state index is 13.1. The summed E-state index contributed by atoms with van der Waals surface area (Å²) >= 11 is 6.34. The van der Waals surface area contributed by atoms with Crippen molar-refractivity contribution in [1.29, 1.82) is 0 Å². The molecule has 0 atom stereocenters. The Kier molecular flexibility index (Phi) is 4.60. The number of halogens is 3. The van der Waals surface area contributed by atoms with Crippen LogP contribution in [0, 0.1) is 12.7 Å². The van der Waals surface area contributed by atoms with Gasteiger partial charge in [-0.15, -0.1) is 0 Å². The topological polar surface area (TPSA) is 29.5 Å². The molecule has 0 saturated carbocycles. The van der Waals surface area contributed by atoms with Crippen molar-refractivity contribution in [3.05, 3.63) is 33.0 Å². The summed E-state index contributed by atoms with van der Waals surface area (Å²) < 4.78 is 19.1. The van der Waals surface area contributed by atoms with Gasteiger partial charge in [0.2, 0.25) is 0 Å². The number of aryl methyl sites for hydroxylation is 1. The summed E-state index contributed by atoms with van der Waals surface area (Å²) in [5, 5.41) is 9.19. The van der Waals surface area contributed by atoms with Crippen molar-refractivity contribution in [2.45, 2.75) is 6.92 Å². The summed E-state index contributed by atoms with van der Waals surface area (Å²) in [7, 11) is 0. The van der Waals surface area contributed by atoms with Gasteiger partial charge in [-0.05, 0) is 56.5 Å². The molecular formula is C10H9Br2FO2. The van der Waals surface area contributed by atoms with Crippen LogP contribution in [0.1, 0.15) is 5.56 Å². The molecule has 0 aromatic heterocycles. The maximum Gasteiger partial charge on any atom is 0.168 e. The SMILES string of the molecule is Cc1cc(OCC=C(Br)Br)cc(F)c1O. The van der Waals surface area contributed by atoms with Gasteiger partial charge in [0.15, 0.2) is 11.6 Å². The van der Waals surface area contributed by atoms with Crippen LogP contribution in [-0.4, -0.2) is 11.7 Å². The third-order valence-electron chi connectivity index (χ3n) is 1.72. The van der Waals surface area contributed by atoms with Crippen LogP contribution in [-0.2, 0) is 0 Å². The first-order chi connectivity index (χ1) is 7.00. The first kappa shape index (κ1) is 12.5. The molecule has 0 saturated heterocycles. The molecule has 1 rings (SSSR count). The number of rotatable bonds is 3. The molecule has 1 aromatic rings. The Morgan fingerprint density at radius 3 is 2.73 bits per heavy atom. The summed E-state index contributed by atoms with van der Waals surface area (Å²) in [5.74, 6) is -0.619. The Balaban J connectivity index is 2.75. The van der Waals surface area contributed by atoms with E-state index in [1.165, 1.54) is 0 Å². The minimum absolute atomic E-state index is 0.315. The molecule has 0 heterocycles. The first-order valence-corrected chi connectivity index (χ1v) is 5.72. The lowest BCUT2D eigenvalue weighted by molar-refractivity contribution is 0.356. The van der Waals surface area contributed by atoms with Crippen LogP contribution >= 0.6 is 31.9 Å². The average molecular weight is 340 g/mol. The number of benzene rings is 1. The minimum Gasteiger partial charge on any atom is -0.505 e. The van der Waals surface area contributed by atoms with Crippen molar-refractivity contribution in [1.82, 2.24) is 0 Å². The molecule has 0 aliphatic heterocycles. The van der Waals surface area contributed by atoms with Crippen molar-refractivity contribution in [2.75, 3.05) is 6.61 Å². The molecule has 0 aliphatic carbocycles. The van der Waals surface area contributed by atoms with Crippen molar-refractivity contribution >= 4 is 31.9 Å². The Morgan fingerprint density at radius 1 is 1.53 bits per heavy atom. The predicted molar refractivity (Wildman–Crippen MR) is 64.2 cm³/mol. The van der Waals surface area contributed by atoms with Gasteiger partial charge in [0, 0.05) is 6.07 Å². The number of phenolic OH excluding ortho intramolecular Hbond substituents is 1. The molecule has 2 nitrogen and oxygen atoms in total. The van der Waals surface area contributed by atoms with Crippen LogP contribution in [0.5, 0.6) is 11.5 Å². The molecule has 1 aromatic carbocycles. The zero-order valence-corrected chi connectivity index (χ0v) is 11.1. The van der Waals surface area contributed by atoms with Crippen LogP contribution in [0.2, 0.25) is 0 Å². The first-order valence-electron chi connectivity index (χ1n) is 4.13.